The molecule has 0 fully saturated rings. The van der Waals surface area contributed by atoms with Gasteiger partial charge in [0.1, 0.15) is 0 Å². The van der Waals surface area contributed by atoms with Crippen molar-refractivity contribution in [2.24, 2.45) is 0 Å². The summed E-state index contributed by atoms with van der Waals surface area (Å²) < 4.78 is 0. The molecule has 0 bridgehead atoms. The summed E-state index contributed by atoms with van der Waals surface area (Å²) in [5.74, 6) is 0. The molecule has 1 atom stereocenters. The Kier molecular flexibility index (Phi) is 7.72. The highest BCUT2D eigenvalue weighted by molar-refractivity contribution is 7.19. The molecule has 24 heavy (non-hydrogen) atoms. The topological polar surface area (TPSA) is 0 Å². The molecule has 0 amide bonds. The van der Waals surface area contributed by atoms with Crippen molar-refractivity contribution in [3.8, 4) is 0 Å². The first kappa shape index (κ1) is 18.4. The summed E-state index contributed by atoms with van der Waals surface area (Å²) in [7, 11) is 3.09. The molecule has 1 heteroatoms. The molecule has 0 aromatic heterocycles. The highest BCUT2D eigenvalue weighted by Gasteiger charge is 2.27. The van der Waals surface area contributed by atoms with Crippen LogP contribution in [-0.4, -0.2) is 0 Å². The number of benzene rings is 3. The molecule has 0 aliphatic heterocycles. The fourth-order valence-corrected chi connectivity index (χ4v) is 3.36. The van der Waals surface area contributed by atoms with Crippen LogP contribution in [0, 0.1) is 0 Å². The van der Waals surface area contributed by atoms with Gasteiger partial charge in [-0.15, -0.1) is 9.24 Å². The molecule has 124 valence electrons. The van der Waals surface area contributed by atoms with Crippen molar-refractivity contribution in [3.63, 3.8) is 0 Å². The van der Waals surface area contributed by atoms with Gasteiger partial charge in [-0.2, -0.15) is 0 Å². The lowest BCUT2D eigenvalue weighted by molar-refractivity contribution is 0.608. The van der Waals surface area contributed by atoms with Crippen LogP contribution in [-0.2, 0) is 5.16 Å². The Hall–Kier alpha value is -1.91. The summed E-state index contributed by atoms with van der Waals surface area (Å²) in [4.78, 5) is 0. The van der Waals surface area contributed by atoms with Gasteiger partial charge in [0.25, 0.3) is 0 Å². The number of unbranched alkanes of at least 4 members (excludes halogenated alkanes) is 1. The lowest BCUT2D eigenvalue weighted by atomic mass is 9.86. The predicted octanol–water partition coefficient (Wildman–Crippen LogP) is 6.68. The van der Waals surface area contributed by atoms with E-state index in [9.17, 15) is 0 Å². The van der Waals surface area contributed by atoms with E-state index in [1.807, 2.05) is 36.4 Å². The maximum Gasteiger partial charge on any atom is 0.0344 e. The van der Waals surface area contributed by atoms with E-state index < -0.39 is 0 Å². The van der Waals surface area contributed by atoms with Crippen molar-refractivity contribution in [1.82, 2.24) is 0 Å². The first-order valence-electron chi connectivity index (χ1n) is 8.67. The molecule has 0 saturated heterocycles. The molecule has 0 aliphatic carbocycles. The Morgan fingerprint density at radius 2 is 0.958 bits per heavy atom. The van der Waals surface area contributed by atoms with Crippen LogP contribution in [0.5, 0.6) is 0 Å². The Bertz CT molecular complexity index is 596. The largest absolute Gasteiger partial charge is 0.122 e. The smallest absolute Gasteiger partial charge is 0.0344 e. The lowest BCUT2D eigenvalue weighted by Gasteiger charge is -2.31. The third-order valence-electron chi connectivity index (χ3n) is 4.17. The zero-order chi connectivity index (χ0) is 17.1. The third-order valence-corrected chi connectivity index (χ3v) is 5.12. The van der Waals surface area contributed by atoms with Crippen LogP contribution in [0.1, 0.15) is 37.3 Å². The van der Waals surface area contributed by atoms with Gasteiger partial charge in [0.15, 0.2) is 0 Å². The van der Waals surface area contributed by atoms with Crippen LogP contribution in [0.3, 0.4) is 0 Å². The highest BCUT2D eigenvalue weighted by Crippen LogP contribution is 2.42. The van der Waals surface area contributed by atoms with Gasteiger partial charge >= 0.3 is 0 Å². The van der Waals surface area contributed by atoms with E-state index in [2.05, 4.69) is 76.8 Å². The highest BCUT2D eigenvalue weighted by atomic mass is 31.0. The van der Waals surface area contributed by atoms with E-state index in [4.69, 9.17) is 0 Å². The molecule has 3 rings (SSSR count). The minimum absolute atomic E-state index is 0.0541. The Morgan fingerprint density at radius 1 is 0.625 bits per heavy atom. The molecule has 0 radical (unpaired) electrons. The summed E-state index contributed by atoms with van der Waals surface area (Å²) in [5.41, 5.74) is 2.77. The molecule has 3 aromatic rings. The normalized spacial score (nSPS) is 10.6. The van der Waals surface area contributed by atoms with E-state index in [-0.39, 0.29) is 5.16 Å². The maximum absolute atomic E-state index is 3.09. The zero-order valence-electron chi connectivity index (χ0n) is 14.4. The monoisotopic (exact) mass is 334 g/mol. The second-order valence-electron chi connectivity index (χ2n) is 5.96. The fraction of sp³-hybridized carbons (Fsp3) is 0.217. The summed E-state index contributed by atoms with van der Waals surface area (Å²) in [6.45, 7) is 2.25. The molecular weight excluding hydrogens is 307 g/mol. The molecule has 3 aromatic carbocycles. The first-order valence-corrected chi connectivity index (χ1v) is 9.25. The standard InChI is InChI=1S/C17H21P.C6H6/c1-2-3-14-17(18,15-10-6-4-7-11-15)16-12-8-5-9-13-16;1-2-4-6-5-3-1/h4-13H,2-3,14,18H2,1H3;1-6H. The Morgan fingerprint density at radius 3 is 1.29 bits per heavy atom. The third kappa shape index (κ3) is 5.32. The summed E-state index contributed by atoms with van der Waals surface area (Å²) in [6, 6.07) is 33.6. The number of hydrogen-bond donors (Lipinski definition) is 0. The lowest BCUT2D eigenvalue weighted by Crippen LogP contribution is -2.19. The van der Waals surface area contributed by atoms with Crippen LogP contribution in [0.25, 0.3) is 0 Å². The summed E-state index contributed by atoms with van der Waals surface area (Å²) in [5, 5.41) is 0.0541. The van der Waals surface area contributed by atoms with Crippen molar-refractivity contribution < 1.29 is 0 Å². The van der Waals surface area contributed by atoms with Crippen molar-refractivity contribution in [1.29, 1.82) is 0 Å². The number of rotatable bonds is 5. The maximum atomic E-state index is 3.09. The summed E-state index contributed by atoms with van der Waals surface area (Å²) in [6.07, 6.45) is 3.64. The van der Waals surface area contributed by atoms with Gasteiger partial charge in [-0.1, -0.05) is 117 Å². The molecule has 0 heterocycles. The Labute approximate surface area is 149 Å². The Balaban J connectivity index is 0.000000292. The van der Waals surface area contributed by atoms with Crippen molar-refractivity contribution in [3.05, 3.63) is 108 Å². The minimum Gasteiger partial charge on any atom is -0.122 e. The van der Waals surface area contributed by atoms with E-state index in [1.165, 1.54) is 30.4 Å². The van der Waals surface area contributed by atoms with Gasteiger partial charge in [-0.3, -0.25) is 0 Å². The van der Waals surface area contributed by atoms with Crippen molar-refractivity contribution in [2.75, 3.05) is 0 Å². The van der Waals surface area contributed by atoms with Gasteiger partial charge in [0, 0.05) is 5.16 Å². The minimum atomic E-state index is 0.0541. The van der Waals surface area contributed by atoms with E-state index in [0.29, 0.717) is 0 Å². The van der Waals surface area contributed by atoms with E-state index in [1.54, 1.807) is 0 Å². The first-order chi connectivity index (χ1) is 11.8. The predicted molar refractivity (Wildman–Crippen MR) is 109 cm³/mol. The van der Waals surface area contributed by atoms with Crippen LogP contribution in [0.15, 0.2) is 97.1 Å². The molecular formula is C23H27P. The van der Waals surface area contributed by atoms with Crippen LogP contribution in [0.2, 0.25) is 0 Å². The molecule has 0 aliphatic rings. The quantitative estimate of drug-likeness (QED) is 0.456. The van der Waals surface area contributed by atoms with Gasteiger partial charge in [-0.25, -0.2) is 0 Å². The second-order valence-corrected chi connectivity index (χ2v) is 6.95. The average Bonchev–Trinajstić information content (AvgIpc) is 2.69. The fourth-order valence-electron chi connectivity index (χ4n) is 2.77. The molecule has 0 spiro atoms. The van der Waals surface area contributed by atoms with Gasteiger partial charge in [-0.05, 0) is 17.5 Å². The summed E-state index contributed by atoms with van der Waals surface area (Å²) >= 11 is 0. The molecule has 1 unspecified atom stereocenters. The van der Waals surface area contributed by atoms with Gasteiger partial charge < -0.3 is 0 Å². The van der Waals surface area contributed by atoms with Crippen LogP contribution < -0.4 is 0 Å². The molecule has 0 nitrogen and oxygen atoms in total. The van der Waals surface area contributed by atoms with Crippen molar-refractivity contribution >= 4 is 9.24 Å². The SMILES string of the molecule is CCCCC(P)(c1ccccc1)c1ccccc1.c1ccccc1. The average molecular weight is 334 g/mol. The van der Waals surface area contributed by atoms with Crippen LogP contribution >= 0.6 is 9.24 Å². The zero-order valence-corrected chi connectivity index (χ0v) is 15.6. The van der Waals surface area contributed by atoms with E-state index >= 15 is 0 Å². The van der Waals surface area contributed by atoms with Crippen molar-refractivity contribution in [2.45, 2.75) is 31.3 Å². The van der Waals surface area contributed by atoms with Gasteiger partial charge in [0.2, 0.25) is 0 Å². The van der Waals surface area contributed by atoms with Crippen LogP contribution in [0.4, 0.5) is 0 Å². The van der Waals surface area contributed by atoms with Gasteiger partial charge in [0.05, 0.1) is 0 Å². The molecule has 0 saturated carbocycles. The number of hydrogen-bond acceptors (Lipinski definition) is 0. The second kappa shape index (κ2) is 10.1. The van der Waals surface area contributed by atoms with E-state index in [0.717, 1.165) is 0 Å². The molecule has 0 N–H and O–H groups in total.